The van der Waals surface area contributed by atoms with Crippen LogP contribution in [0.2, 0.25) is 0 Å². The van der Waals surface area contributed by atoms with E-state index in [1.807, 2.05) is 4.68 Å². The fourth-order valence-corrected chi connectivity index (χ4v) is 3.37. The first kappa shape index (κ1) is 13.0. The highest BCUT2D eigenvalue weighted by atomic mass is 15.6. The summed E-state index contributed by atoms with van der Waals surface area (Å²) in [5.41, 5.74) is 2.76. The summed E-state index contributed by atoms with van der Waals surface area (Å²) in [6.45, 7) is 4.16. The maximum Gasteiger partial charge on any atom is 0.165 e. The zero-order valence-corrected chi connectivity index (χ0v) is 12.4. The molecule has 2 heterocycles. The average Bonchev–Trinajstić information content (AvgIpc) is 3.04. The summed E-state index contributed by atoms with van der Waals surface area (Å²) in [4.78, 5) is 2.53. The Morgan fingerprint density at radius 1 is 1.24 bits per heavy atom. The van der Waals surface area contributed by atoms with Crippen LogP contribution in [0.1, 0.15) is 54.7 Å². The van der Waals surface area contributed by atoms with E-state index in [4.69, 9.17) is 0 Å². The summed E-state index contributed by atoms with van der Waals surface area (Å²) in [7, 11) is 0. The minimum Gasteiger partial charge on any atom is -0.289 e. The van der Waals surface area contributed by atoms with E-state index in [2.05, 4.69) is 51.6 Å². The van der Waals surface area contributed by atoms with Crippen LogP contribution in [-0.2, 0) is 6.54 Å². The van der Waals surface area contributed by atoms with Gasteiger partial charge in [0.15, 0.2) is 5.82 Å². The highest BCUT2D eigenvalue weighted by Gasteiger charge is 2.31. The highest BCUT2D eigenvalue weighted by Crippen LogP contribution is 2.36. The summed E-state index contributed by atoms with van der Waals surface area (Å²) in [6.07, 6.45) is 4.93. The van der Waals surface area contributed by atoms with E-state index in [9.17, 15) is 0 Å². The van der Waals surface area contributed by atoms with Crippen molar-refractivity contribution in [3.63, 3.8) is 0 Å². The second-order valence-electron chi connectivity index (χ2n) is 6.31. The van der Waals surface area contributed by atoms with E-state index in [-0.39, 0.29) is 0 Å². The molecule has 21 heavy (non-hydrogen) atoms. The molecule has 1 atom stereocenters. The molecule has 5 nitrogen and oxygen atoms in total. The van der Waals surface area contributed by atoms with Gasteiger partial charge in [-0.05, 0) is 55.1 Å². The van der Waals surface area contributed by atoms with Gasteiger partial charge in [-0.1, -0.05) is 29.8 Å². The van der Waals surface area contributed by atoms with Gasteiger partial charge < -0.3 is 0 Å². The Morgan fingerprint density at radius 3 is 2.95 bits per heavy atom. The number of likely N-dealkylation sites (tertiary alicyclic amines) is 1. The quantitative estimate of drug-likeness (QED) is 0.865. The number of rotatable bonds is 4. The van der Waals surface area contributed by atoms with Crippen LogP contribution in [0, 0.1) is 6.92 Å². The van der Waals surface area contributed by atoms with Crippen molar-refractivity contribution >= 4 is 0 Å². The minimum absolute atomic E-state index is 0.509. The molecular formula is C16H21N5. The van der Waals surface area contributed by atoms with Crippen LogP contribution in [-0.4, -0.2) is 31.7 Å². The summed E-state index contributed by atoms with van der Waals surface area (Å²) in [5.74, 6) is 1.03. The fraction of sp³-hybridized carbons (Fsp3) is 0.562. The van der Waals surface area contributed by atoms with Gasteiger partial charge in [0.2, 0.25) is 0 Å². The van der Waals surface area contributed by atoms with Crippen molar-refractivity contribution in [2.45, 2.75) is 51.2 Å². The summed E-state index contributed by atoms with van der Waals surface area (Å²) in [5, 5.41) is 12.3. The van der Waals surface area contributed by atoms with Crippen molar-refractivity contribution in [1.82, 2.24) is 25.1 Å². The smallest absolute Gasteiger partial charge is 0.165 e. The van der Waals surface area contributed by atoms with Crippen molar-refractivity contribution in [2.24, 2.45) is 0 Å². The molecular weight excluding hydrogens is 262 g/mol. The molecule has 1 aliphatic heterocycles. The van der Waals surface area contributed by atoms with Gasteiger partial charge in [0, 0.05) is 6.04 Å². The molecule has 5 heteroatoms. The zero-order valence-electron chi connectivity index (χ0n) is 12.4. The maximum absolute atomic E-state index is 4.25. The number of tetrazole rings is 1. The molecule has 2 aliphatic rings. The standard InChI is InChI=1S/C16H21N5/c1-12-4-2-5-13(10-12)15-6-3-9-20(15)11-16-17-18-19-21(16)14-7-8-14/h2,4-5,10,14-15H,3,6-9,11H2,1H3. The summed E-state index contributed by atoms with van der Waals surface area (Å²) < 4.78 is 2.03. The number of benzene rings is 1. The lowest BCUT2D eigenvalue weighted by molar-refractivity contribution is 0.237. The van der Waals surface area contributed by atoms with Gasteiger partial charge in [-0.3, -0.25) is 4.90 Å². The molecule has 110 valence electrons. The maximum atomic E-state index is 4.25. The third-order valence-corrected chi connectivity index (χ3v) is 4.59. The van der Waals surface area contributed by atoms with E-state index >= 15 is 0 Å². The molecule has 1 saturated heterocycles. The SMILES string of the molecule is Cc1cccc(C2CCCN2Cc2nnnn2C2CC2)c1. The monoisotopic (exact) mass is 283 g/mol. The number of aryl methyl sites for hydroxylation is 1. The predicted molar refractivity (Wildman–Crippen MR) is 79.7 cm³/mol. The second-order valence-corrected chi connectivity index (χ2v) is 6.31. The van der Waals surface area contributed by atoms with Crippen LogP contribution >= 0.6 is 0 Å². The van der Waals surface area contributed by atoms with Gasteiger partial charge in [-0.15, -0.1) is 5.10 Å². The van der Waals surface area contributed by atoms with Gasteiger partial charge in [0.05, 0.1) is 12.6 Å². The van der Waals surface area contributed by atoms with E-state index in [0.717, 1.165) is 18.9 Å². The topological polar surface area (TPSA) is 46.8 Å². The normalized spacial score (nSPS) is 22.8. The molecule has 1 unspecified atom stereocenters. The van der Waals surface area contributed by atoms with Crippen molar-refractivity contribution in [3.05, 3.63) is 41.2 Å². The number of aromatic nitrogens is 4. The van der Waals surface area contributed by atoms with E-state index < -0.39 is 0 Å². The molecule has 1 aliphatic carbocycles. The van der Waals surface area contributed by atoms with Gasteiger partial charge in [-0.25, -0.2) is 4.68 Å². The van der Waals surface area contributed by atoms with Gasteiger partial charge in [0.25, 0.3) is 0 Å². The first-order valence-electron chi connectivity index (χ1n) is 7.88. The molecule has 0 spiro atoms. The number of nitrogens with zero attached hydrogens (tertiary/aromatic N) is 5. The van der Waals surface area contributed by atoms with Crippen LogP contribution in [0.5, 0.6) is 0 Å². The number of hydrogen-bond donors (Lipinski definition) is 0. The largest absolute Gasteiger partial charge is 0.289 e. The lowest BCUT2D eigenvalue weighted by Gasteiger charge is -2.24. The fourth-order valence-electron chi connectivity index (χ4n) is 3.37. The molecule has 2 aromatic rings. The van der Waals surface area contributed by atoms with E-state index in [0.29, 0.717) is 12.1 Å². The average molecular weight is 283 g/mol. The Morgan fingerprint density at radius 2 is 2.14 bits per heavy atom. The molecule has 0 radical (unpaired) electrons. The molecule has 1 aromatic heterocycles. The third kappa shape index (κ3) is 2.58. The lowest BCUT2D eigenvalue weighted by atomic mass is 10.0. The minimum atomic E-state index is 0.509. The zero-order chi connectivity index (χ0) is 14.2. The molecule has 1 saturated carbocycles. The molecule has 0 amide bonds. The molecule has 2 fully saturated rings. The van der Waals surface area contributed by atoms with Crippen molar-refractivity contribution in [1.29, 1.82) is 0 Å². The molecule has 0 bridgehead atoms. The van der Waals surface area contributed by atoms with Crippen LogP contribution in [0.25, 0.3) is 0 Å². The van der Waals surface area contributed by atoms with Gasteiger partial charge >= 0.3 is 0 Å². The summed E-state index contributed by atoms with van der Waals surface area (Å²) >= 11 is 0. The van der Waals surface area contributed by atoms with E-state index in [1.54, 1.807) is 0 Å². The van der Waals surface area contributed by atoms with Crippen LogP contribution < -0.4 is 0 Å². The first-order chi connectivity index (χ1) is 10.3. The van der Waals surface area contributed by atoms with Crippen molar-refractivity contribution < 1.29 is 0 Å². The Bertz CT molecular complexity index is 631. The second kappa shape index (κ2) is 5.22. The van der Waals surface area contributed by atoms with Gasteiger partial charge in [0.1, 0.15) is 0 Å². The predicted octanol–water partition coefficient (Wildman–Crippen LogP) is 2.65. The van der Waals surface area contributed by atoms with Crippen molar-refractivity contribution in [3.8, 4) is 0 Å². The Kier molecular flexibility index (Phi) is 3.22. The highest BCUT2D eigenvalue weighted by molar-refractivity contribution is 5.25. The summed E-state index contributed by atoms with van der Waals surface area (Å²) in [6, 6.07) is 9.95. The number of hydrogen-bond acceptors (Lipinski definition) is 4. The van der Waals surface area contributed by atoms with Crippen molar-refractivity contribution in [2.75, 3.05) is 6.54 Å². The third-order valence-electron chi connectivity index (χ3n) is 4.59. The van der Waals surface area contributed by atoms with Crippen LogP contribution in [0.3, 0.4) is 0 Å². The van der Waals surface area contributed by atoms with Crippen LogP contribution in [0.15, 0.2) is 24.3 Å². The first-order valence-corrected chi connectivity index (χ1v) is 7.88. The van der Waals surface area contributed by atoms with Crippen LogP contribution in [0.4, 0.5) is 0 Å². The van der Waals surface area contributed by atoms with E-state index in [1.165, 1.54) is 36.8 Å². The Hall–Kier alpha value is -1.75. The molecule has 1 aromatic carbocycles. The Labute approximate surface area is 125 Å². The Balaban J connectivity index is 1.55. The molecule has 0 N–H and O–H groups in total. The van der Waals surface area contributed by atoms with Gasteiger partial charge in [-0.2, -0.15) is 0 Å². The molecule has 4 rings (SSSR count). The lowest BCUT2D eigenvalue weighted by Crippen LogP contribution is -2.25.